The number of hydrogen-bond donors (Lipinski definition) is 1. The number of nitrogens with one attached hydrogen (secondary N) is 1. The van der Waals surface area contributed by atoms with Gasteiger partial charge in [0.05, 0.1) is 17.3 Å². The van der Waals surface area contributed by atoms with Gasteiger partial charge in [0.25, 0.3) is 0 Å². The van der Waals surface area contributed by atoms with Gasteiger partial charge in [0.1, 0.15) is 5.75 Å². The van der Waals surface area contributed by atoms with E-state index in [0.29, 0.717) is 36.2 Å². The monoisotopic (exact) mass is 428 g/mol. The van der Waals surface area contributed by atoms with E-state index in [1.54, 1.807) is 16.6 Å². The van der Waals surface area contributed by atoms with Crippen molar-refractivity contribution in [2.24, 2.45) is 0 Å². The fraction of sp³-hybridized carbons (Fsp3) is 0.267. The lowest BCUT2D eigenvalue weighted by atomic mass is 10.3. The Morgan fingerprint density at radius 2 is 2.33 bits per heavy atom. The molecule has 126 valence electrons. The number of nitrogens with zero attached hydrogens (tertiary/aromatic N) is 3. The Morgan fingerprint density at radius 3 is 3.08 bits per heavy atom. The zero-order valence-electron chi connectivity index (χ0n) is 12.8. The summed E-state index contributed by atoms with van der Waals surface area (Å²) < 4.78 is 8.18. The van der Waals surface area contributed by atoms with Crippen LogP contribution in [0.15, 0.2) is 28.1 Å². The number of fused-ring (bicyclic) bond motifs is 1. The van der Waals surface area contributed by atoms with Crippen LogP contribution in [-0.2, 0) is 4.79 Å². The molecule has 0 aliphatic carbocycles. The van der Waals surface area contributed by atoms with Gasteiger partial charge in [-0.3, -0.25) is 10.1 Å². The van der Waals surface area contributed by atoms with Crippen LogP contribution in [0.1, 0.15) is 18.5 Å². The van der Waals surface area contributed by atoms with E-state index >= 15 is 0 Å². The van der Waals surface area contributed by atoms with Crippen LogP contribution in [0.2, 0.25) is 5.02 Å². The molecule has 2 aromatic heterocycles. The summed E-state index contributed by atoms with van der Waals surface area (Å²) in [6, 6.07) is 5.41. The molecule has 1 N–H and O–H groups in total. The maximum absolute atomic E-state index is 11.9. The van der Waals surface area contributed by atoms with Crippen LogP contribution in [0, 0.1) is 6.92 Å². The lowest BCUT2D eigenvalue weighted by Gasteiger charge is -2.08. The Kier molecular flexibility index (Phi) is 5.37. The van der Waals surface area contributed by atoms with Gasteiger partial charge in [-0.15, -0.1) is 16.4 Å². The van der Waals surface area contributed by atoms with Gasteiger partial charge in [-0.2, -0.15) is 4.98 Å². The molecule has 6 nitrogen and oxygen atoms in total. The van der Waals surface area contributed by atoms with Crippen molar-refractivity contribution in [1.29, 1.82) is 0 Å². The van der Waals surface area contributed by atoms with Crippen molar-refractivity contribution >= 4 is 55.7 Å². The van der Waals surface area contributed by atoms with Gasteiger partial charge in [-0.25, -0.2) is 4.52 Å². The number of ether oxygens (including phenoxy) is 1. The average Bonchev–Trinajstić information content (AvgIpc) is 3.07. The third-order valence-electron chi connectivity index (χ3n) is 3.20. The van der Waals surface area contributed by atoms with E-state index in [-0.39, 0.29) is 5.91 Å². The number of carbonyl (C=O) groups excluding carboxylic acids is 1. The van der Waals surface area contributed by atoms with Gasteiger partial charge >= 0.3 is 0 Å². The standard InChI is InChI=1S/C15H14BrClN4O2S/c1-9-8-24-15-19-14(20-21(9)15)18-13(22)3-2-6-23-12-5-4-10(16)7-11(12)17/h4-5,7-8H,2-3,6H2,1H3,(H,18,20,22). The molecule has 3 rings (SSSR count). The predicted molar refractivity (Wildman–Crippen MR) is 98.1 cm³/mol. The third kappa shape index (κ3) is 4.06. The van der Waals surface area contributed by atoms with Crippen molar-refractivity contribution in [2.45, 2.75) is 19.8 Å². The molecule has 0 saturated carbocycles. The van der Waals surface area contributed by atoms with E-state index in [9.17, 15) is 4.79 Å². The van der Waals surface area contributed by atoms with E-state index in [0.717, 1.165) is 15.1 Å². The highest BCUT2D eigenvalue weighted by Crippen LogP contribution is 2.27. The second-order valence-electron chi connectivity index (χ2n) is 5.08. The van der Waals surface area contributed by atoms with Crippen molar-refractivity contribution in [2.75, 3.05) is 11.9 Å². The Labute approximate surface area is 155 Å². The van der Waals surface area contributed by atoms with Crippen LogP contribution in [0.5, 0.6) is 5.75 Å². The molecule has 0 fully saturated rings. The molecule has 2 heterocycles. The van der Waals surface area contributed by atoms with Crippen molar-refractivity contribution in [3.63, 3.8) is 0 Å². The fourth-order valence-corrected chi connectivity index (χ4v) is 3.57. The highest BCUT2D eigenvalue weighted by molar-refractivity contribution is 9.10. The molecular weight excluding hydrogens is 416 g/mol. The first-order valence-electron chi connectivity index (χ1n) is 7.21. The molecule has 3 aromatic rings. The second kappa shape index (κ2) is 7.50. The number of carbonyl (C=O) groups is 1. The molecule has 0 aliphatic rings. The number of aryl methyl sites for hydroxylation is 1. The van der Waals surface area contributed by atoms with Crippen LogP contribution < -0.4 is 10.1 Å². The minimum absolute atomic E-state index is 0.142. The Bertz CT molecular complexity index is 880. The largest absolute Gasteiger partial charge is 0.492 e. The quantitative estimate of drug-likeness (QED) is 0.593. The number of thiazole rings is 1. The summed E-state index contributed by atoms with van der Waals surface area (Å²) in [6.45, 7) is 2.34. The molecule has 0 radical (unpaired) electrons. The van der Waals surface area contributed by atoms with Crippen molar-refractivity contribution in [3.05, 3.63) is 38.8 Å². The van der Waals surface area contributed by atoms with Crippen LogP contribution in [0.3, 0.4) is 0 Å². The van der Waals surface area contributed by atoms with Crippen molar-refractivity contribution < 1.29 is 9.53 Å². The minimum Gasteiger partial charge on any atom is -0.492 e. The van der Waals surface area contributed by atoms with Crippen LogP contribution >= 0.6 is 38.9 Å². The Morgan fingerprint density at radius 1 is 1.50 bits per heavy atom. The highest BCUT2D eigenvalue weighted by Gasteiger charge is 2.10. The summed E-state index contributed by atoms with van der Waals surface area (Å²) in [4.78, 5) is 16.9. The van der Waals surface area contributed by atoms with E-state index in [1.807, 2.05) is 18.4 Å². The van der Waals surface area contributed by atoms with Crippen LogP contribution in [0.4, 0.5) is 5.95 Å². The van der Waals surface area contributed by atoms with E-state index in [1.165, 1.54) is 11.3 Å². The van der Waals surface area contributed by atoms with Crippen LogP contribution in [0.25, 0.3) is 4.96 Å². The van der Waals surface area contributed by atoms with E-state index in [4.69, 9.17) is 16.3 Å². The van der Waals surface area contributed by atoms with Gasteiger partial charge < -0.3 is 4.74 Å². The number of amides is 1. The number of anilines is 1. The summed E-state index contributed by atoms with van der Waals surface area (Å²) >= 11 is 10.9. The van der Waals surface area contributed by atoms with Gasteiger partial charge in [0.15, 0.2) is 0 Å². The molecule has 0 aliphatic heterocycles. The number of hydrogen-bond acceptors (Lipinski definition) is 5. The zero-order valence-corrected chi connectivity index (χ0v) is 15.9. The van der Waals surface area contributed by atoms with Crippen molar-refractivity contribution in [1.82, 2.24) is 14.6 Å². The first-order chi connectivity index (χ1) is 11.5. The number of halogens is 2. The summed E-state index contributed by atoms with van der Waals surface area (Å²) in [5.74, 6) is 0.787. The maximum atomic E-state index is 11.9. The highest BCUT2D eigenvalue weighted by atomic mass is 79.9. The number of benzene rings is 1. The smallest absolute Gasteiger partial charge is 0.250 e. The molecule has 0 saturated heterocycles. The first-order valence-corrected chi connectivity index (χ1v) is 9.26. The molecule has 9 heteroatoms. The van der Waals surface area contributed by atoms with Gasteiger partial charge in [0, 0.05) is 16.3 Å². The first kappa shape index (κ1) is 17.2. The second-order valence-corrected chi connectivity index (χ2v) is 7.24. The van der Waals surface area contributed by atoms with E-state index < -0.39 is 0 Å². The normalized spacial score (nSPS) is 11.0. The molecule has 0 unspecified atom stereocenters. The lowest BCUT2D eigenvalue weighted by Crippen LogP contribution is -2.14. The maximum Gasteiger partial charge on any atom is 0.250 e. The van der Waals surface area contributed by atoms with Gasteiger partial charge in [-0.05, 0) is 31.5 Å². The molecule has 1 amide bonds. The number of rotatable bonds is 6. The number of aromatic nitrogens is 3. The topological polar surface area (TPSA) is 68.5 Å². The predicted octanol–water partition coefficient (Wildman–Crippen LogP) is 4.31. The van der Waals surface area contributed by atoms with Gasteiger partial charge in [0.2, 0.25) is 16.8 Å². The molecule has 1 aromatic carbocycles. The Hall–Kier alpha value is -1.64. The molecule has 0 bridgehead atoms. The third-order valence-corrected chi connectivity index (χ3v) is 4.92. The SMILES string of the molecule is Cc1csc2nc(NC(=O)CCCOc3ccc(Br)cc3Cl)nn12. The summed E-state index contributed by atoms with van der Waals surface area (Å²) in [7, 11) is 0. The lowest BCUT2D eigenvalue weighted by molar-refractivity contribution is -0.116. The van der Waals surface area contributed by atoms with Crippen molar-refractivity contribution in [3.8, 4) is 5.75 Å². The summed E-state index contributed by atoms with van der Waals surface area (Å²) in [6.07, 6.45) is 0.888. The zero-order chi connectivity index (χ0) is 17.1. The minimum atomic E-state index is -0.142. The van der Waals surface area contributed by atoms with Gasteiger partial charge in [-0.1, -0.05) is 27.5 Å². The molecule has 24 heavy (non-hydrogen) atoms. The molecular formula is C15H14BrClN4O2S. The summed E-state index contributed by atoms with van der Waals surface area (Å²) in [5, 5.41) is 9.44. The molecule has 0 atom stereocenters. The van der Waals surface area contributed by atoms with E-state index in [2.05, 4.69) is 31.3 Å². The fourth-order valence-electron chi connectivity index (χ4n) is 2.04. The average molecular weight is 430 g/mol. The molecule has 0 spiro atoms. The Balaban J connectivity index is 1.45. The van der Waals surface area contributed by atoms with Crippen LogP contribution in [-0.4, -0.2) is 27.1 Å². The summed E-state index contributed by atoms with van der Waals surface area (Å²) in [5.41, 5.74) is 0.989.